The van der Waals surface area contributed by atoms with Crippen LogP contribution in [0.5, 0.6) is 0 Å². The molecule has 1 aliphatic heterocycles. The number of carbonyl (C=O) groups is 3. The average Bonchev–Trinajstić information content (AvgIpc) is 2.88. The molecular formula is C17H23NO5. The number of nitrogens with one attached hydrogen (secondary N) is 1. The van der Waals surface area contributed by atoms with E-state index >= 15 is 0 Å². The lowest BCUT2D eigenvalue weighted by atomic mass is 9.49. The largest absolute Gasteiger partial charge is 0.463 e. The fourth-order valence-electron chi connectivity index (χ4n) is 5.51. The molecule has 1 N–H and O–H groups in total. The Morgan fingerprint density at radius 2 is 1.74 bits per heavy atom. The fraction of sp³-hybridized carbons (Fsp3) is 0.824. The summed E-state index contributed by atoms with van der Waals surface area (Å²) in [5.41, 5.74) is -0.263. The Balaban J connectivity index is 1.32. The molecular weight excluding hydrogens is 298 g/mol. The molecule has 1 saturated heterocycles. The van der Waals surface area contributed by atoms with Gasteiger partial charge in [0.25, 0.3) is 0 Å². The van der Waals surface area contributed by atoms with E-state index in [1.807, 2.05) is 0 Å². The van der Waals surface area contributed by atoms with Crippen LogP contribution in [0.1, 0.15) is 44.9 Å². The summed E-state index contributed by atoms with van der Waals surface area (Å²) in [4.78, 5) is 35.8. The van der Waals surface area contributed by atoms with Gasteiger partial charge in [-0.1, -0.05) is 0 Å². The maximum atomic E-state index is 12.7. The molecule has 0 unspecified atom stereocenters. The lowest BCUT2D eigenvalue weighted by molar-refractivity contribution is -0.160. The van der Waals surface area contributed by atoms with Gasteiger partial charge < -0.3 is 14.8 Å². The van der Waals surface area contributed by atoms with Crippen LogP contribution in [-0.2, 0) is 23.9 Å². The van der Waals surface area contributed by atoms with Gasteiger partial charge in [0.2, 0.25) is 12.0 Å². The molecule has 4 bridgehead atoms. The highest BCUT2D eigenvalue weighted by Gasteiger charge is 2.54. The van der Waals surface area contributed by atoms with Crippen LogP contribution in [0.3, 0.4) is 0 Å². The van der Waals surface area contributed by atoms with E-state index in [1.54, 1.807) is 0 Å². The third kappa shape index (κ3) is 2.72. The lowest BCUT2D eigenvalue weighted by Crippen LogP contribution is -2.54. The Labute approximate surface area is 135 Å². The van der Waals surface area contributed by atoms with E-state index in [2.05, 4.69) is 5.32 Å². The topological polar surface area (TPSA) is 81.7 Å². The molecule has 5 rings (SSSR count). The maximum Gasteiger partial charge on any atom is 0.347 e. The molecule has 1 atom stereocenters. The van der Waals surface area contributed by atoms with Crippen LogP contribution in [0.15, 0.2) is 0 Å². The second kappa shape index (κ2) is 5.49. The quantitative estimate of drug-likeness (QED) is 0.786. The van der Waals surface area contributed by atoms with Gasteiger partial charge in [-0.3, -0.25) is 9.59 Å². The van der Waals surface area contributed by atoms with Crippen LogP contribution in [0.4, 0.5) is 0 Å². The molecule has 0 aromatic carbocycles. The summed E-state index contributed by atoms with van der Waals surface area (Å²) < 4.78 is 9.82. The van der Waals surface area contributed by atoms with E-state index in [0.717, 1.165) is 19.3 Å². The molecule has 6 nitrogen and oxygen atoms in total. The second-order valence-electron chi connectivity index (χ2n) is 7.82. The predicted molar refractivity (Wildman–Crippen MR) is 79.1 cm³/mol. The first-order chi connectivity index (χ1) is 11.0. The van der Waals surface area contributed by atoms with Gasteiger partial charge in [-0.05, 0) is 56.3 Å². The van der Waals surface area contributed by atoms with Crippen LogP contribution in [-0.4, -0.2) is 37.1 Å². The van der Waals surface area contributed by atoms with Crippen LogP contribution in [0.25, 0.3) is 0 Å². The molecule has 1 amide bonds. The SMILES string of the molecule is O=C(CNC(=O)C12CC3CC(CC(C3)C1)C2)O[C@@H]1CCOC1=O. The van der Waals surface area contributed by atoms with Crippen LogP contribution < -0.4 is 5.32 Å². The monoisotopic (exact) mass is 321 g/mol. The first-order valence-corrected chi connectivity index (χ1v) is 8.68. The van der Waals surface area contributed by atoms with Gasteiger partial charge in [-0.25, -0.2) is 4.79 Å². The van der Waals surface area contributed by atoms with E-state index in [4.69, 9.17) is 9.47 Å². The summed E-state index contributed by atoms with van der Waals surface area (Å²) in [5, 5.41) is 2.76. The van der Waals surface area contributed by atoms with Crippen molar-refractivity contribution in [3.63, 3.8) is 0 Å². The summed E-state index contributed by atoms with van der Waals surface area (Å²) in [6.45, 7) is 0.126. The Morgan fingerprint density at radius 3 is 2.26 bits per heavy atom. The molecule has 5 fully saturated rings. The standard InChI is InChI=1S/C17H23NO5/c19-14(23-13-1-2-22-15(13)20)9-18-16(21)17-6-10-3-11(7-17)5-12(4-10)8-17/h10-13H,1-9H2,(H,18,21)/t10?,11?,12?,13-,17?/m1/s1. The molecule has 0 radical (unpaired) electrons. The zero-order chi connectivity index (χ0) is 16.0. The lowest BCUT2D eigenvalue weighted by Gasteiger charge is -2.55. The first kappa shape index (κ1) is 15.0. The van der Waals surface area contributed by atoms with Crippen LogP contribution >= 0.6 is 0 Å². The van der Waals surface area contributed by atoms with Crippen LogP contribution in [0.2, 0.25) is 0 Å². The van der Waals surface area contributed by atoms with Crippen molar-refractivity contribution in [3.05, 3.63) is 0 Å². The number of hydrogen-bond donors (Lipinski definition) is 1. The smallest absolute Gasteiger partial charge is 0.347 e. The molecule has 0 aromatic heterocycles. The van der Waals surface area contributed by atoms with Gasteiger partial charge in [0.05, 0.1) is 6.61 Å². The van der Waals surface area contributed by atoms with Crippen molar-refractivity contribution in [2.45, 2.75) is 51.0 Å². The number of carbonyl (C=O) groups excluding carboxylic acids is 3. The van der Waals surface area contributed by atoms with E-state index < -0.39 is 18.0 Å². The number of hydrogen-bond acceptors (Lipinski definition) is 5. The zero-order valence-electron chi connectivity index (χ0n) is 13.2. The van der Waals surface area contributed by atoms with Gasteiger partial charge in [0, 0.05) is 11.8 Å². The Hall–Kier alpha value is -1.59. The normalized spacial score (nSPS) is 40.8. The average molecular weight is 321 g/mol. The number of ether oxygens (including phenoxy) is 2. The van der Waals surface area contributed by atoms with E-state index in [-0.39, 0.29) is 24.5 Å². The van der Waals surface area contributed by atoms with Gasteiger partial charge in [0.15, 0.2) is 0 Å². The first-order valence-electron chi connectivity index (χ1n) is 8.68. The zero-order valence-corrected chi connectivity index (χ0v) is 13.2. The molecule has 4 saturated carbocycles. The fourth-order valence-corrected chi connectivity index (χ4v) is 5.51. The van der Waals surface area contributed by atoms with Gasteiger partial charge >= 0.3 is 11.9 Å². The van der Waals surface area contributed by atoms with Gasteiger partial charge in [-0.15, -0.1) is 0 Å². The van der Waals surface area contributed by atoms with Crippen molar-refractivity contribution in [2.24, 2.45) is 23.2 Å². The molecule has 23 heavy (non-hydrogen) atoms. The summed E-state index contributed by atoms with van der Waals surface area (Å²) in [6, 6.07) is 0. The van der Waals surface area contributed by atoms with Gasteiger partial charge in [0.1, 0.15) is 6.54 Å². The van der Waals surface area contributed by atoms with E-state index in [9.17, 15) is 14.4 Å². The number of rotatable bonds is 4. The second-order valence-corrected chi connectivity index (χ2v) is 7.82. The number of amides is 1. The van der Waals surface area contributed by atoms with Gasteiger partial charge in [-0.2, -0.15) is 0 Å². The minimum atomic E-state index is -0.807. The summed E-state index contributed by atoms with van der Waals surface area (Å²) in [5.74, 6) is 1.01. The Kier molecular flexibility index (Phi) is 3.58. The maximum absolute atomic E-state index is 12.7. The van der Waals surface area contributed by atoms with Crippen molar-refractivity contribution in [2.75, 3.05) is 13.2 Å². The van der Waals surface area contributed by atoms with E-state index in [0.29, 0.717) is 24.2 Å². The van der Waals surface area contributed by atoms with Crippen molar-refractivity contribution in [3.8, 4) is 0 Å². The Bertz CT molecular complexity index is 508. The number of esters is 2. The highest BCUT2D eigenvalue weighted by Crippen LogP contribution is 2.60. The third-order valence-corrected chi connectivity index (χ3v) is 6.07. The molecule has 1 heterocycles. The predicted octanol–water partition coefficient (Wildman–Crippen LogP) is 1.18. The minimum absolute atomic E-state index is 0.00236. The molecule has 5 aliphatic rings. The summed E-state index contributed by atoms with van der Waals surface area (Å²) in [7, 11) is 0. The highest BCUT2D eigenvalue weighted by molar-refractivity contribution is 5.87. The van der Waals surface area contributed by atoms with Crippen molar-refractivity contribution < 1.29 is 23.9 Å². The highest BCUT2D eigenvalue weighted by atomic mass is 16.6. The van der Waals surface area contributed by atoms with Crippen molar-refractivity contribution >= 4 is 17.8 Å². The Morgan fingerprint density at radius 1 is 1.13 bits per heavy atom. The summed E-state index contributed by atoms with van der Waals surface area (Å²) >= 11 is 0. The third-order valence-electron chi connectivity index (χ3n) is 6.07. The number of cyclic esters (lactones) is 1. The molecule has 4 aliphatic carbocycles. The van der Waals surface area contributed by atoms with Crippen molar-refractivity contribution in [1.29, 1.82) is 0 Å². The minimum Gasteiger partial charge on any atom is -0.463 e. The molecule has 6 heteroatoms. The molecule has 126 valence electrons. The summed E-state index contributed by atoms with van der Waals surface area (Å²) in [6.07, 6.45) is 6.32. The molecule has 0 spiro atoms. The van der Waals surface area contributed by atoms with E-state index in [1.165, 1.54) is 19.3 Å². The van der Waals surface area contributed by atoms with Crippen molar-refractivity contribution in [1.82, 2.24) is 5.32 Å². The molecule has 0 aromatic rings. The van der Waals surface area contributed by atoms with Crippen LogP contribution in [0, 0.1) is 23.2 Å².